The van der Waals surface area contributed by atoms with Gasteiger partial charge in [0.15, 0.2) is 0 Å². The molecular formula is C23H18ClN3O3. The van der Waals surface area contributed by atoms with Crippen molar-refractivity contribution in [3.63, 3.8) is 0 Å². The van der Waals surface area contributed by atoms with E-state index in [4.69, 9.17) is 11.6 Å². The molecule has 2 heterocycles. The molecule has 0 radical (unpaired) electrons. The first-order valence-electron chi connectivity index (χ1n) is 9.70. The Kier molecular flexibility index (Phi) is 4.44. The lowest BCUT2D eigenvalue weighted by molar-refractivity contribution is 0.0696. The first-order valence-corrected chi connectivity index (χ1v) is 10.1. The van der Waals surface area contributed by atoms with E-state index >= 15 is 0 Å². The van der Waals surface area contributed by atoms with E-state index in [1.165, 1.54) is 24.5 Å². The van der Waals surface area contributed by atoms with Gasteiger partial charge in [0.1, 0.15) is 5.82 Å². The number of carboxylic acids is 1. The van der Waals surface area contributed by atoms with Crippen LogP contribution in [0.5, 0.6) is 0 Å². The Morgan fingerprint density at radius 2 is 1.93 bits per heavy atom. The minimum atomic E-state index is -1.00. The van der Waals surface area contributed by atoms with Crippen molar-refractivity contribution in [1.29, 1.82) is 0 Å². The molecule has 0 atom stereocenters. The van der Waals surface area contributed by atoms with Crippen LogP contribution < -0.4 is 5.69 Å². The first-order chi connectivity index (χ1) is 14.5. The Labute approximate surface area is 177 Å². The highest BCUT2D eigenvalue weighted by Crippen LogP contribution is 2.39. The topological polar surface area (TPSA) is 77.1 Å². The third-order valence-corrected chi connectivity index (χ3v) is 5.69. The Morgan fingerprint density at radius 1 is 1.10 bits per heavy atom. The summed E-state index contributed by atoms with van der Waals surface area (Å²) in [4.78, 5) is 29.2. The minimum Gasteiger partial charge on any atom is -0.478 e. The van der Waals surface area contributed by atoms with Crippen molar-refractivity contribution >= 4 is 28.6 Å². The summed E-state index contributed by atoms with van der Waals surface area (Å²) in [6.45, 7) is 0.241. The molecule has 7 heteroatoms. The molecule has 0 bridgehead atoms. The number of carbonyl (C=O) groups is 1. The van der Waals surface area contributed by atoms with E-state index in [9.17, 15) is 14.7 Å². The number of halogens is 1. The minimum absolute atomic E-state index is 0.185. The second kappa shape index (κ2) is 7.15. The third kappa shape index (κ3) is 3.29. The molecule has 6 nitrogen and oxygen atoms in total. The monoisotopic (exact) mass is 419 g/mol. The van der Waals surface area contributed by atoms with Gasteiger partial charge in [-0.25, -0.2) is 19.1 Å². The molecule has 2 aromatic carbocycles. The van der Waals surface area contributed by atoms with Gasteiger partial charge in [0.2, 0.25) is 0 Å². The van der Waals surface area contributed by atoms with Gasteiger partial charge in [-0.15, -0.1) is 0 Å². The van der Waals surface area contributed by atoms with Crippen LogP contribution in [-0.4, -0.2) is 25.2 Å². The summed E-state index contributed by atoms with van der Waals surface area (Å²) in [7, 11) is 0. The van der Waals surface area contributed by atoms with E-state index in [2.05, 4.69) is 4.98 Å². The lowest BCUT2D eigenvalue weighted by Crippen LogP contribution is -2.24. The molecule has 0 unspecified atom stereocenters. The average molecular weight is 420 g/mol. The van der Waals surface area contributed by atoms with E-state index in [0.29, 0.717) is 27.8 Å². The number of aromatic nitrogens is 3. The van der Waals surface area contributed by atoms with Crippen LogP contribution in [0.15, 0.2) is 65.6 Å². The van der Waals surface area contributed by atoms with Gasteiger partial charge in [-0.3, -0.25) is 4.57 Å². The maximum atomic E-state index is 13.4. The summed E-state index contributed by atoms with van der Waals surface area (Å²) < 4.78 is 3.17. The molecule has 0 spiro atoms. The van der Waals surface area contributed by atoms with Crippen LogP contribution >= 0.6 is 11.6 Å². The molecule has 0 aliphatic heterocycles. The number of pyridine rings is 1. The average Bonchev–Trinajstić information content (AvgIpc) is 3.55. The van der Waals surface area contributed by atoms with E-state index in [0.717, 1.165) is 5.56 Å². The van der Waals surface area contributed by atoms with Crippen LogP contribution in [0.2, 0.25) is 5.02 Å². The normalized spacial score (nSPS) is 13.6. The van der Waals surface area contributed by atoms with E-state index < -0.39 is 5.97 Å². The number of nitrogens with zero attached hydrogens (tertiary/aromatic N) is 3. The molecule has 1 fully saturated rings. The van der Waals surface area contributed by atoms with Crippen molar-refractivity contribution in [2.45, 2.75) is 25.3 Å². The third-order valence-electron chi connectivity index (χ3n) is 5.45. The van der Waals surface area contributed by atoms with E-state index in [1.54, 1.807) is 45.5 Å². The molecule has 5 rings (SSSR count). The first kappa shape index (κ1) is 18.6. The van der Waals surface area contributed by atoms with Crippen LogP contribution in [0.4, 0.5) is 0 Å². The summed E-state index contributed by atoms with van der Waals surface area (Å²) in [5.41, 5.74) is 3.22. The molecule has 1 aliphatic rings. The Bertz CT molecular complexity index is 1330. The fourth-order valence-corrected chi connectivity index (χ4v) is 3.94. The Hall–Kier alpha value is -3.38. The zero-order chi connectivity index (χ0) is 20.8. The van der Waals surface area contributed by atoms with Crippen LogP contribution in [-0.2, 0) is 6.54 Å². The number of fused-ring (bicyclic) bond motifs is 1. The van der Waals surface area contributed by atoms with Crippen molar-refractivity contribution in [3.8, 4) is 5.82 Å². The lowest BCUT2D eigenvalue weighted by Gasteiger charge is -2.05. The number of aromatic carboxylic acids is 1. The zero-order valence-electron chi connectivity index (χ0n) is 16.0. The second-order valence-corrected chi connectivity index (χ2v) is 8.00. The van der Waals surface area contributed by atoms with Gasteiger partial charge in [-0.1, -0.05) is 29.8 Å². The van der Waals surface area contributed by atoms with Crippen LogP contribution in [0, 0.1) is 0 Å². The SMILES string of the molecule is O=C(O)c1cccc(Cn2c(=O)n(-c3ccc(C4CC4)cn3)c3cc(Cl)ccc32)c1. The van der Waals surface area contributed by atoms with Gasteiger partial charge in [-0.05, 0) is 66.3 Å². The smallest absolute Gasteiger partial charge is 0.335 e. The Morgan fingerprint density at radius 3 is 2.63 bits per heavy atom. The molecule has 0 saturated heterocycles. The summed E-state index contributed by atoms with van der Waals surface area (Å²) in [5, 5.41) is 9.78. The largest absolute Gasteiger partial charge is 0.478 e. The fourth-order valence-electron chi connectivity index (χ4n) is 3.78. The molecule has 2 aromatic heterocycles. The quantitative estimate of drug-likeness (QED) is 0.518. The van der Waals surface area contributed by atoms with Gasteiger partial charge in [0.25, 0.3) is 0 Å². The summed E-state index contributed by atoms with van der Waals surface area (Å²) in [6.07, 6.45) is 4.21. The van der Waals surface area contributed by atoms with E-state index in [1.807, 2.05) is 18.3 Å². The predicted octanol–water partition coefficient (Wildman–Crippen LogP) is 4.46. The number of carboxylic acid groups (broad SMARTS) is 1. The summed E-state index contributed by atoms with van der Waals surface area (Å²) in [5.74, 6) is 0.119. The number of rotatable bonds is 5. The number of hydrogen-bond acceptors (Lipinski definition) is 3. The maximum absolute atomic E-state index is 13.4. The standard InChI is InChI=1S/C23H18ClN3O3/c24-18-7-8-19-20(11-18)27(21-9-6-17(12-25-21)15-4-5-15)23(30)26(19)13-14-2-1-3-16(10-14)22(28)29/h1-3,6-12,15H,4-5,13H2,(H,28,29). The Balaban J connectivity index is 1.64. The van der Waals surface area contributed by atoms with Crippen molar-refractivity contribution in [1.82, 2.24) is 14.1 Å². The highest BCUT2D eigenvalue weighted by Gasteiger charge is 2.24. The number of hydrogen-bond donors (Lipinski definition) is 1. The molecule has 1 aliphatic carbocycles. The maximum Gasteiger partial charge on any atom is 0.335 e. The van der Waals surface area contributed by atoms with E-state index in [-0.39, 0.29) is 17.8 Å². The van der Waals surface area contributed by atoms with Crippen LogP contribution in [0.1, 0.15) is 40.2 Å². The summed E-state index contributed by atoms with van der Waals surface area (Å²) >= 11 is 6.22. The fraction of sp³-hybridized carbons (Fsp3) is 0.174. The van der Waals surface area contributed by atoms with Crippen molar-refractivity contribution in [2.24, 2.45) is 0 Å². The van der Waals surface area contributed by atoms with Crippen molar-refractivity contribution in [3.05, 3.63) is 93.0 Å². The number of benzene rings is 2. The van der Waals surface area contributed by atoms with Crippen molar-refractivity contribution < 1.29 is 9.90 Å². The lowest BCUT2D eigenvalue weighted by atomic mass is 10.1. The molecule has 0 amide bonds. The molecular weight excluding hydrogens is 402 g/mol. The van der Waals surface area contributed by atoms with Crippen molar-refractivity contribution in [2.75, 3.05) is 0 Å². The van der Waals surface area contributed by atoms with Gasteiger partial charge in [-0.2, -0.15) is 0 Å². The van der Waals surface area contributed by atoms with Gasteiger partial charge in [0.05, 0.1) is 23.1 Å². The van der Waals surface area contributed by atoms with Gasteiger partial charge in [0, 0.05) is 11.2 Å². The van der Waals surface area contributed by atoms with Gasteiger partial charge < -0.3 is 5.11 Å². The van der Waals surface area contributed by atoms with Gasteiger partial charge >= 0.3 is 11.7 Å². The predicted molar refractivity (Wildman–Crippen MR) is 115 cm³/mol. The summed E-state index contributed by atoms with van der Waals surface area (Å²) in [6, 6.07) is 15.8. The molecule has 4 aromatic rings. The van der Waals surface area contributed by atoms with Crippen LogP contribution in [0.25, 0.3) is 16.9 Å². The zero-order valence-corrected chi connectivity index (χ0v) is 16.7. The highest BCUT2D eigenvalue weighted by molar-refractivity contribution is 6.31. The molecule has 1 saturated carbocycles. The van der Waals surface area contributed by atoms with Crippen LogP contribution in [0.3, 0.4) is 0 Å². The molecule has 30 heavy (non-hydrogen) atoms. The number of imidazole rings is 1. The second-order valence-electron chi connectivity index (χ2n) is 7.57. The highest BCUT2D eigenvalue weighted by atomic mass is 35.5. The molecule has 1 N–H and O–H groups in total. The molecule has 150 valence electrons.